The standard InChI is InChI=1S/C25H31N3O5S/c1-19-10-11-20(18-23(19)34(31,32)28-12-6-2-3-7-13-28)24(29)26-22-9-5-4-8-21(22)25(30)27-14-16-33-17-15-27/h4-5,8-11,18H,2-3,6-7,12-17H2,1H3,(H,26,29). The number of sulfonamides is 1. The number of ether oxygens (including phenoxy) is 1. The molecule has 34 heavy (non-hydrogen) atoms. The van der Waals surface area contributed by atoms with Gasteiger partial charge in [0.05, 0.1) is 29.4 Å². The molecule has 9 heteroatoms. The van der Waals surface area contributed by atoms with E-state index in [9.17, 15) is 18.0 Å². The summed E-state index contributed by atoms with van der Waals surface area (Å²) in [6, 6.07) is 11.6. The van der Waals surface area contributed by atoms with Gasteiger partial charge in [-0.3, -0.25) is 9.59 Å². The molecule has 0 atom stereocenters. The Balaban J connectivity index is 1.57. The van der Waals surface area contributed by atoms with E-state index in [1.54, 1.807) is 48.2 Å². The smallest absolute Gasteiger partial charge is 0.256 e. The number of nitrogens with one attached hydrogen (secondary N) is 1. The molecule has 2 amide bonds. The summed E-state index contributed by atoms with van der Waals surface area (Å²) in [7, 11) is -3.70. The first kappa shape index (κ1) is 24.4. The minimum atomic E-state index is -3.70. The molecule has 8 nitrogen and oxygen atoms in total. The number of hydrogen-bond donors (Lipinski definition) is 1. The first-order chi connectivity index (χ1) is 16.4. The van der Waals surface area contributed by atoms with E-state index in [-0.39, 0.29) is 16.4 Å². The Morgan fingerprint density at radius 2 is 1.59 bits per heavy atom. The fraction of sp³-hybridized carbons (Fsp3) is 0.440. The predicted octanol–water partition coefficient (Wildman–Crippen LogP) is 3.28. The molecule has 2 aliphatic heterocycles. The van der Waals surface area contributed by atoms with Crippen LogP contribution in [0.25, 0.3) is 0 Å². The third-order valence-electron chi connectivity index (χ3n) is 6.34. The zero-order valence-electron chi connectivity index (χ0n) is 19.5. The Labute approximate surface area is 200 Å². The molecule has 0 aromatic heterocycles. The van der Waals surface area contributed by atoms with E-state index < -0.39 is 15.9 Å². The summed E-state index contributed by atoms with van der Waals surface area (Å²) in [4.78, 5) is 28.0. The average molecular weight is 486 g/mol. The van der Waals surface area contributed by atoms with Crippen LogP contribution in [0, 0.1) is 6.92 Å². The lowest BCUT2D eigenvalue weighted by molar-refractivity contribution is 0.0303. The molecule has 4 rings (SSSR count). The summed E-state index contributed by atoms with van der Waals surface area (Å²) in [5.74, 6) is -0.637. The van der Waals surface area contributed by atoms with Gasteiger partial charge in [0.2, 0.25) is 10.0 Å². The lowest BCUT2D eigenvalue weighted by Crippen LogP contribution is -2.41. The highest BCUT2D eigenvalue weighted by Crippen LogP contribution is 2.25. The Bertz CT molecular complexity index is 1150. The van der Waals surface area contributed by atoms with Gasteiger partial charge < -0.3 is 15.0 Å². The van der Waals surface area contributed by atoms with Gasteiger partial charge in [0.1, 0.15) is 0 Å². The number of anilines is 1. The van der Waals surface area contributed by atoms with E-state index >= 15 is 0 Å². The third-order valence-corrected chi connectivity index (χ3v) is 8.38. The van der Waals surface area contributed by atoms with E-state index in [1.165, 1.54) is 10.4 Å². The first-order valence-electron chi connectivity index (χ1n) is 11.8. The van der Waals surface area contributed by atoms with Gasteiger partial charge in [-0.15, -0.1) is 0 Å². The number of amides is 2. The molecule has 0 bridgehead atoms. The molecule has 2 saturated heterocycles. The Morgan fingerprint density at radius 3 is 2.29 bits per heavy atom. The predicted molar refractivity (Wildman–Crippen MR) is 130 cm³/mol. The number of morpholine rings is 1. The topological polar surface area (TPSA) is 96.0 Å². The average Bonchev–Trinajstić information content (AvgIpc) is 3.15. The second-order valence-electron chi connectivity index (χ2n) is 8.70. The molecule has 2 aromatic carbocycles. The lowest BCUT2D eigenvalue weighted by atomic mass is 10.1. The van der Waals surface area contributed by atoms with Crippen molar-refractivity contribution in [1.82, 2.24) is 9.21 Å². The van der Waals surface area contributed by atoms with E-state index in [4.69, 9.17) is 4.74 Å². The quantitative estimate of drug-likeness (QED) is 0.701. The molecule has 2 fully saturated rings. The highest BCUT2D eigenvalue weighted by atomic mass is 32.2. The van der Waals surface area contributed by atoms with Crippen molar-refractivity contribution in [2.45, 2.75) is 37.5 Å². The molecule has 0 radical (unpaired) electrons. The zero-order chi connectivity index (χ0) is 24.1. The van der Waals surface area contributed by atoms with Crippen LogP contribution < -0.4 is 5.32 Å². The summed E-state index contributed by atoms with van der Waals surface area (Å²) in [5.41, 5.74) is 1.61. The highest BCUT2D eigenvalue weighted by Gasteiger charge is 2.28. The Morgan fingerprint density at radius 1 is 0.912 bits per heavy atom. The SMILES string of the molecule is Cc1ccc(C(=O)Nc2ccccc2C(=O)N2CCOCC2)cc1S(=O)(=O)N1CCCCCC1. The van der Waals surface area contributed by atoms with Crippen LogP contribution in [0.1, 0.15) is 52.0 Å². The van der Waals surface area contributed by atoms with E-state index in [1.807, 2.05) is 0 Å². The maximum absolute atomic E-state index is 13.3. The second-order valence-corrected chi connectivity index (χ2v) is 10.6. The highest BCUT2D eigenvalue weighted by molar-refractivity contribution is 7.89. The Hall–Kier alpha value is -2.75. The van der Waals surface area contributed by atoms with Crippen LogP contribution in [0.5, 0.6) is 0 Å². The van der Waals surface area contributed by atoms with Crippen LogP contribution in [-0.2, 0) is 14.8 Å². The van der Waals surface area contributed by atoms with E-state index in [0.717, 1.165) is 25.7 Å². The lowest BCUT2D eigenvalue weighted by Gasteiger charge is -2.27. The Kier molecular flexibility index (Phi) is 7.65. The van der Waals surface area contributed by atoms with Crippen molar-refractivity contribution in [3.05, 3.63) is 59.2 Å². The minimum Gasteiger partial charge on any atom is -0.378 e. The van der Waals surface area contributed by atoms with Gasteiger partial charge in [-0.05, 0) is 49.6 Å². The molecule has 182 valence electrons. The summed E-state index contributed by atoms with van der Waals surface area (Å²) in [5, 5.41) is 2.81. The van der Waals surface area contributed by atoms with Crippen LogP contribution in [-0.4, -0.2) is 68.8 Å². The number of para-hydroxylation sites is 1. The number of hydrogen-bond acceptors (Lipinski definition) is 5. The molecule has 0 saturated carbocycles. The maximum atomic E-state index is 13.3. The van der Waals surface area contributed by atoms with Gasteiger partial charge in [-0.25, -0.2) is 8.42 Å². The molecular weight excluding hydrogens is 454 g/mol. The van der Waals surface area contributed by atoms with Crippen LogP contribution in [0.15, 0.2) is 47.4 Å². The normalized spacial score (nSPS) is 17.7. The van der Waals surface area contributed by atoms with Gasteiger partial charge in [-0.2, -0.15) is 4.31 Å². The van der Waals surface area contributed by atoms with Crippen molar-refractivity contribution in [2.24, 2.45) is 0 Å². The summed E-state index contributed by atoms with van der Waals surface area (Å²) < 4.78 is 33.5. The van der Waals surface area contributed by atoms with Crippen molar-refractivity contribution in [3.63, 3.8) is 0 Å². The van der Waals surface area contributed by atoms with E-state index in [0.29, 0.717) is 56.2 Å². The minimum absolute atomic E-state index is 0.153. The van der Waals surface area contributed by atoms with Crippen molar-refractivity contribution in [3.8, 4) is 0 Å². The van der Waals surface area contributed by atoms with Gasteiger partial charge in [0.15, 0.2) is 0 Å². The number of benzene rings is 2. The molecule has 0 spiro atoms. The zero-order valence-corrected chi connectivity index (χ0v) is 20.3. The van der Waals surface area contributed by atoms with Crippen molar-refractivity contribution < 1.29 is 22.7 Å². The molecular formula is C25H31N3O5S. The second kappa shape index (κ2) is 10.7. The third kappa shape index (κ3) is 5.32. The number of carbonyl (C=O) groups is 2. The first-order valence-corrected chi connectivity index (χ1v) is 13.2. The van der Waals surface area contributed by atoms with E-state index in [2.05, 4.69) is 5.32 Å². The van der Waals surface area contributed by atoms with Crippen LogP contribution in [0.3, 0.4) is 0 Å². The van der Waals surface area contributed by atoms with Crippen LogP contribution >= 0.6 is 0 Å². The summed E-state index contributed by atoms with van der Waals surface area (Å²) >= 11 is 0. The fourth-order valence-corrected chi connectivity index (χ4v) is 6.12. The van der Waals surface area contributed by atoms with Crippen LogP contribution in [0.4, 0.5) is 5.69 Å². The largest absolute Gasteiger partial charge is 0.378 e. The molecule has 0 aliphatic carbocycles. The molecule has 2 heterocycles. The summed E-state index contributed by atoms with van der Waals surface area (Å²) in [6.07, 6.45) is 3.73. The molecule has 1 N–H and O–H groups in total. The number of rotatable bonds is 5. The molecule has 2 aliphatic rings. The van der Waals surface area contributed by atoms with Crippen LogP contribution in [0.2, 0.25) is 0 Å². The number of nitrogens with zero attached hydrogens (tertiary/aromatic N) is 2. The molecule has 2 aromatic rings. The van der Waals surface area contributed by atoms with Gasteiger partial charge >= 0.3 is 0 Å². The number of aryl methyl sites for hydroxylation is 1. The summed E-state index contributed by atoms with van der Waals surface area (Å²) in [6.45, 7) is 4.69. The van der Waals surface area contributed by atoms with Gasteiger partial charge in [0, 0.05) is 31.7 Å². The number of carbonyl (C=O) groups excluding carboxylic acids is 2. The van der Waals surface area contributed by atoms with Crippen molar-refractivity contribution in [1.29, 1.82) is 0 Å². The van der Waals surface area contributed by atoms with Crippen molar-refractivity contribution in [2.75, 3.05) is 44.7 Å². The van der Waals surface area contributed by atoms with Gasteiger partial charge in [-0.1, -0.05) is 31.0 Å². The van der Waals surface area contributed by atoms with Crippen molar-refractivity contribution >= 4 is 27.5 Å². The fourth-order valence-electron chi connectivity index (χ4n) is 4.35. The van der Waals surface area contributed by atoms with Gasteiger partial charge in [0.25, 0.3) is 11.8 Å². The monoisotopic (exact) mass is 485 g/mol. The maximum Gasteiger partial charge on any atom is 0.256 e. The molecule has 0 unspecified atom stereocenters.